The van der Waals surface area contributed by atoms with Crippen LogP contribution in [0.3, 0.4) is 0 Å². The molecule has 2 aromatic carbocycles. The van der Waals surface area contributed by atoms with Gasteiger partial charge in [0.05, 0.1) is 0 Å². The van der Waals surface area contributed by atoms with Gasteiger partial charge in [-0.05, 0) is 62.4 Å². The molecule has 0 spiro atoms. The third-order valence-corrected chi connectivity index (χ3v) is 4.28. The van der Waals surface area contributed by atoms with Gasteiger partial charge in [0.25, 0.3) is 0 Å². The molecule has 0 radical (unpaired) electrons. The maximum atomic E-state index is 11.3. The molecule has 0 bridgehead atoms. The average Bonchev–Trinajstić information content (AvgIpc) is 2.84. The van der Waals surface area contributed by atoms with Gasteiger partial charge in [0.2, 0.25) is 0 Å². The van der Waals surface area contributed by atoms with Crippen molar-refractivity contribution >= 4 is 11.9 Å². The van der Waals surface area contributed by atoms with Crippen LogP contribution in [0.1, 0.15) is 13.8 Å². The molecule has 0 amide bonds. The van der Waals surface area contributed by atoms with Crippen LogP contribution in [-0.4, -0.2) is 60.8 Å². The highest BCUT2D eigenvalue weighted by atomic mass is 16.6. The van der Waals surface area contributed by atoms with Crippen LogP contribution in [0.5, 0.6) is 23.0 Å². The number of esters is 2. The molecule has 0 heterocycles. The van der Waals surface area contributed by atoms with Crippen LogP contribution in [0.4, 0.5) is 0 Å². The Morgan fingerprint density at radius 2 is 0.971 bits per heavy atom. The van der Waals surface area contributed by atoms with E-state index in [0.717, 1.165) is 0 Å². The number of rotatable bonds is 14. The van der Waals surface area contributed by atoms with Crippen LogP contribution in [0.25, 0.3) is 0 Å². The fourth-order valence-electron chi connectivity index (χ4n) is 2.42. The van der Waals surface area contributed by atoms with Gasteiger partial charge in [0.15, 0.2) is 0 Å². The number of ether oxygens (including phenoxy) is 5. The quantitative estimate of drug-likeness (QED) is 0.306. The zero-order valence-corrected chi connectivity index (χ0v) is 19.8. The second-order valence-electron chi connectivity index (χ2n) is 7.73. The zero-order chi connectivity index (χ0) is 25.8. The van der Waals surface area contributed by atoms with E-state index in [1.807, 2.05) is 0 Å². The molecule has 35 heavy (non-hydrogen) atoms. The number of aliphatic hydroxyl groups excluding tert-OH is 2. The first-order valence-electron chi connectivity index (χ1n) is 10.8. The van der Waals surface area contributed by atoms with E-state index in [9.17, 15) is 19.8 Å². The number of hydrogen-bond donors (Lipinski definition) is 2. The van der Waals surface area contributed by atoms with Gasteiger partial charge >= 0.3 is 11.9 Å². The standard InChI is InChI=1S/C26H30O9/c1-17(2)25(29)33-15-19(27)13-31-21-5-9-23(10-6-21)35-24-11-7-22(8-12-24)32-14-20(28)16-34-26(30)18(3)4/h5-12,19-20,27-28H,1,3,13-16H2,2,4H3. The van der Waals surface area contributed by atoms with Crippen LogP contribution in [0.15, 0.2) is 72.8 Å². The first-order chi connectivity index (χ1) is 16.6. The summed E-state index contributed by atoms with van der Waals surface area (Å²) in [7, 11) is 0. The Bertz CT molecular complexity index is 915. The second kappa shape index (κ2) is 13.8. The van der Waals surface area contributed by atoms with Crippen molar-refractivity contribution in [1.29, 1.82) is 0 Å². The van der Waals surface area contributed by atoms with E-state index in [1.165, 1.54) is 13.8 Å². The van der Waals surface area contributed by atoms with Crippen molar-refractivity contribution in [3.05, 3.63) is 72.8 Å². The lowest BCUT2D eigenvalue weighted by atomic mass is 10.3. The first-order valence-corrected chi connectivity index (χ1v) is 10.8. The summed E-state index contributed by atoms with van der Waals surface area (Å²) in [6, 6.07) is 13.5. The molecule has 9 heteroatoms. The highest BCUT2D eigenvalue weighted by molar-refractivity contribution is 5.87. The lowest BCUT2D eigenvalue weighted by Crippen LogP contribution is -2.25. The molecule has 2 N–H and O–H groups in total. The van der Waals surface area contributed by atoms with Crippen molar-refractivity contribution in [2.45, 2.75) is 26.1 Å². The van der Waals surface area contributed by atoms with Gasteiger partial charge in [-0.2, -0.15) is 0 Å². The molecule has 0 aliphatic rings. The number of hydrogen-bond acceptors (Lipinski definition) is 9. The molecule has 188 valence electrons. The summed E-state index contributed by atoms with van der Waals surface area (Å²) in [4.78, 5) is 22.7. The lowest BCUT2D eigenvalue weighted by Gasteiger charge is -2.14. The topological polar surface area (TPSA) is 121 Å². The Balaban J connectivity index is 1.74. The average molecular weight is 487 g/mol. The minimum absolute atomic E-state index is 0.0455. The summed E-state index contributed by atoms with van der Waals surface area (Å²) in [5, 5.41) is 19.7. The SMILES string of the molecule is C=C(C)C(=O)OCC(O)COc1ccc(Oc2ccc(OCC(O)COC(=O)C(=C)C)cc2)cc1. The van der Waals surface area contributed by atoms with Crippen molar-refractivity contribution in [1.82, 2.24) is 0 Å². The summed E-state index contributed by atoms with van der Waals surface area (Å²) >= 11 is 0. The third kappa shape index (κ3) is 10.3. The highest BCUT2D eigenvalue weighted by Crippen LogP contribution is 2.25. The van der Waals surface area contributed by atoms with Gasteiger partial charge in [-0.1, -0.05) is 13.2 Å². The molecule has 2 unspecified atom stereocenters. The summed E-state index contributed by atoms with van der Waals surface area (Å²) in [6.07, 6.45) is -1.94. The third-order valence-electron chi connectivity index (χ3n) is 4.28. The van der Waals surface area contributed by atoms with Crippen molar-refractivity contribution < 1.29 is 43.5 Å². The van der Waals surface area contributed by atoms with Crippen LogP contribution >= 0.6 is 0 Å². The van der Waals surface area contributed by atoms with E-state index < -0.39 is 24.1 Å². The van der Waals surface area contributed by atoms with Crippen molar-refractivity contribution in [2.75, 3.05) is 26.4 Å². The van der Waals surface area contributed by atoms with Crippen molar-refractivity contribution in [3.63, 3.8) is 0 Å². The fourth-order valence-corrected chi connectivity index (χ4v) is 2.42. The minimum Gasteiger partial charge on any atom is -0.491 e. The predicted molar refractivity (Wildman–Crippen MR) is 128 cm³/mol. The van der Waals surface area contributed by atoms with E-state index in [-0.39, 0.29) is 37.6 Å². The Labute approximate surface area is 204 Å². The first kappa shape index (κ1) is 27.4. The maximum Gasteiger partial charge on any atom is 0.333 e. The number of benzene rings is 2. The highest BCUT2D eigenvalue weighted by Gasteiger charge is 2.12. The number of carbonyl (C=O) groups is 2. The molecular weight excluding hydrogens is 456 g/mol. The molecule has 0 fully saturated rings. The van der Waals surface area contributed by atoms with E-state index >= 15 is 0 Å². The monoisotopic (exact) mass is 486 g/mol. The molecule has 9 nitrogen and oxygen atoms in total. The molecule has 0 aliphatic heterocycles. The van der Waals surface area contributed by atoms with E-state index in [1.54, 1.807) is 48.5 Å². The molecule has 0 aromatic heterocycles. The molecule has 2 rings (SSSR count). The minimum atomic E-state index is -0.970. The molecule has 0 aliphatic carbocycles. The Hall–Kier alpha value is -3.82. The van der Waals surface area contributed by atoms with Gasteiger partial charge < -0.3 is 33.9 Å². The predicted octanol–water partition coefficient (Wildman–Crippen LogP) is 3.20. The van der Waals surface area contributed by atoms with Gasteiger partial charge in [0, 0.05) is 11.1 Å². The number of carbonyl (C=O) groups excluding carboxylic acids is 2. The molecule has 0 saturated heterocycles. The Morgan fingerprint density at radius 1 is 0.657 bits per heavy atom. The summed E-state index contributed by atoms with van der Waals surface area (Å²) < 4.78 is 26.5. The largest absolute Gasteiger partial charge is 0.491 e. The molecule has 2 atom stereocenters. The molecular formula is C26H30O9. The van der Waals surface area contributed by atoms with E-state index in [0.29, 0.717) is 23.0 Å². The second-order valence-corrected chi connectivity index (χ2v) is 7.73. The molecule has 0 saturated carbocycles. The van der Waals surface area contributed by atoms with E-state index in [4.69, 9.17) is 23.7 Å². The van der Waals surface area contributed by atoms with Crippen LogP contribution in [-0.2, 0) is 19.1 Å². The van der Waals surface area contributed by atoms with Crippen LogP contribution < -0.4 is 14.2 Å². The van der Waals surface area contributed by atoms with E-state index in [2.05, 4.69) is 13.2 Å². The summed E-state index contributed by atoms with van der Waals surface area (Å²) in [6.45, 7) is 9.52. The van der Waals surface area contributed by atoms with Crippen molar-refractivity contribution in [2.24, 2.45) is 0 Å². The fraction of sp³-hybridized carbons (Fsp3) is 0.308. The summed E-state index contributed by atoms with van der Waals surface area (Å²) in [5.74, 6) is 1.03. The zero-order valence-electron chi connectivity index (χ0n) is 19.8. The maximum absolute atomic E-state index is 11.3. The van der Waals surface area contributed by atoms with Gasteiger partial charge in [0.1, 0.15) is 61.6 Å². The van der Waals surface area contributed by atoms with Gasteiger partial charge in [-0.25, -0.2) is 9.59 Å². The normalized spacial score (nSPS) is 12.1. The Morgan fingerprint density at radius 3 is 1.29 bits per heavy atom. The van der Waals surface area contributed by atoms with Gasteiger partial charge in [-0.3, -0.25) is 0 Å². The van der Waals surface area contributed by atoms with Crippen LogP contribution in [0.2, 0.25) is 0 Å². The Kier molecular flexibility index (Phi) is 10.8. The lowest BCUT2D eigenvalue weighted by molar-refractivity contribution is -0.143. The molecule has 2 aromatic rings. The van der Waals surface area contributed by atoms with Crippen LogP contribution in [0, 0.1) is 0 Å². The van der Waals surface area contributed by atoms with Gasteiger partial charge in [-0.15, -0.1) is 0 Å². The number of aliphatic hydroxyl groups is 2. The smallest absolute Gasteiger partial charge is 0.333 e. The van der Waals surface area contributed by atoms with Crippen molar-refractivity contribution in [3.8, 4) is 23.0 Å². The summed E-state index contributed by atoms with van der Waals surface area (Å²) in [5.41, 5.74) is 0.516.